The van der Waals surface area contributed by atoms with Crippen molar-refractivity contribution in [3.05, 3.63) is 47.3 Å². The normalized spacial score (nSPS) is 11.9. The largest absolute Gasteiger partial charge is 0.480 e. The smallest absolute Gasteiger partial charge is 0.416 e. The molecule has 0 aliphatic rings. The fourth-order valence-electron chi connectivity index (χ4n) is 2.30. The van der Waals surface area contributed by atoms with Crippen LogP contribution in [0.3, 0.4) is 0 Å². The number of rotatable bonds is 5. The van der Waals surface area contributed by atoms with Crippen molar-refractivity contribution in [2.75, 3.05) is 14.2 Å². The summed E-state index contributed by atoms with van der Waals surface area (Å²) in [5, 5.41) is 0. The molecule has 0 atom stereocenters. The fraction of sp³-hybridized carbons (Fsp3) is 0.278. The average molecular weight is 382 g/mol. The molecule has 2 aromatic rings. The SMILES string of the molecule is CC=C(C(=O)OC)c1c(OC)nc(C)nc1Oc1cccc(C(F)(F)F)c1. The van der Waals surface area contributed by atoms with Crippen molar-refractivity contribution >= 4 is 11.5 Å². The number of hydrogen-bond acceptors (Lipinski definition) is 6. The number of esters is 1. The van der Waals surface area contributed by atoms with Gasteiger partial charge in [-0.15, -0.1) is 0 Å². The van der Waals surface area contributed by atoms with Crippen LogP contribution in [0.15, 0.2) is 30.3 Å². The van der Waals surface area contributed by atoms with Gasteiger partial charge in [0.2, 0.25) is 11.8 Å². The van der Waals surface area contributed by atoms with Crippen LogP contribution in [0.2, 0.25) is 0 Å². The third-order valence-electron chi connectivity index (χ3n) is 3.49. The van der Waals surface area contributed by atoms with E-state index in [0.29, 0.717) is 0 Å². The lowest BCUT2D eigenvalue weighted by Gasteiger charge is -2.16. The second kappa shape index (κ2) is 8.07. The Morgan fingerprint density at radius 2 is 1.81 bits per heavy atom. The minimum atomic E-state index is -4.53. The molecule has 27 heavy (non-hydrogen) atoms. The first kappa shape index (κ1) is 20.2. The number of alkyl halides is 3. The molecule has 0 saturated heterocycles. The number of benzene rings is 1. The molecule has 0 N–H and O–H groups in total. The van der Waals surface area contributed by atoms with Crippen molar-refractivity contribution < 1.29 is 32.2 Å². The third kappa shape index (κ3) is 4.55. The highest BCUT2D eigenvalue weighted by Crippen LogP contribution is 2.37. The van der Waals surface area contributed by atoms with E-state index in [-0.39, 0.29) is 34.5 Å². The van der Waals surface area contributed by atoms with Crippen molar-refractivity contribution in [1.29, 1.82) is 0 Å². The standard InChI is InChI=1S/C18H17F3N2O4/c1-5-13(17(24)26-4)14-15(25-3)22-10(2)23-16(14)27-12-8-6-7-11(9-12)18(19,20)21/h5-9H,1-4H3. The number of halogens is 3. The van der Waals surface area contributed by atoms with E-state index in [2.05, 4.69) is 9.97 Å². The summed E-state index contributed by atoms with van der Waals surface area (Å²) in [5.74, 6) is -0.651. The van der Waals surface area contributed by atoms with Gasteiger partial charge in [0.1, 0.15) is 17.1 Å². The maximum atomic E-state index is 12.9. The van der Waals surface area contributed by atoms with E-state index in [4.69, 9.17) is 14.2 Å². The summed E-state index contributed by atoms with van der Waals surface area (Å²) in [4.78, 5) is 20.3. The molecular formula is C18H17F3N2O4. The van der Waals surface area contributed by atoms with E-state index in [1.165, 1.54) is 32.4 Å². The van der Waals surface area contributed by atoms with Crippen LogP contribution in [-0.4, -0.2) is 30.2 Å². The lowest BCUT2D eigenvalue weighted by Crippen LogP contribution is -2.10. The van der Waals surface area contributed by atoms with Crippen molar-refractivity contribution in [1.82, 2.24) is 9.97 Å². The van der Waals surface area contributed by atoms with Crippen LogP contribution in [-0.2, 0) is 15.7 Å². The van der Waals surface area contributed by atoms with Crippen LogP contribution in [0.4, 0.5) is 13.2 Å². The Morgan fingerprint density at radius 1 is 1.15 bits per heavy atom. The molecule has 0 radical (unpaired) electrons. The van der Waals surface area contributed by atoms with Crippen LogP contribution in [0.5, 0.6) is 17.5 Å². The summed E-state index contributed by atoms with van der Waals surface area (Å²) in [6.45, 7) is 3.14. The lowest BCUT2D eigenvalue weighted by molar-refractivity contribution is -0.137. The van der Waals surface area contributed by atoms with Gasteiger partial charge < -0.3 is 14.2 Å². The molecule has 0 spiro atoms. The first-order valence-electron chi connectivity index (χ1n) is 7.74. The van der Waals surface area contributed by atoms with E-state index in [0.717, 1.165) is 12.1 Å². The zero-order valence-electron chi connectivity index (χ0n) is 15.0. The van der Waals surface area contributed by atoms with Crippen molar-refractivity contribution in [3.63, 3.8) is 0 Å². The van der Waals surface area contributed by atoms with Crippen molar-refractivity contribution in [2.24, 2.45) is 0 Å². The first-order valence-corrected chi connectivity index (χ1v) is 7.74. The first-order chi connectivity index (χ1) is 12.7. The number of hydrogen-bond donors (Lipinski definition) is 0. The van der Waals surface area contributed by atoms with Crippen LogP contribution in [0.25, 0.3) is 5.57 Å². The summed E-state index contributed by atoms with van der Waals surface area (Å²) in [6, 6.07) is 4.31. The fourth-order valence-corrected chi connectivity index (χ4v) is 2.30. The second-order valence-corrected chi connectivity index (χ2v) is 5.28. The molecule has 0 saturated carbocycles. The zero-order chi connectivity index (χ0) is 20.2. The number of carbonyl (C=O) groups excluding carboxylic acids is 1. The summed E-state index contributed by atoms with van der Waals surface area (Å²) < 4.78 is 54.3. The Hall–Kier alpha value is -3.10. The molecule has 6 nitrogen and oxygen atoms in total. The highest BCUT2D eigenvalue weighted by molar-refractivity contribution is 6.17. The van der Waals surface area contributed by atoms with Gasteiger partial charge in [0, 0.05) is 0 Å². The molecule has 0 bridgehead atoms. The minimum Gasteiger partial charge on any atom is -0.480 e. The quantitative estimate of drug-likeness (QED) is 0.571. The molecule has 0 aliphatic heterocycles. The minimum absolute atomic E-state index is 0.0305. The Bertz CT molecular complexity index is 879. The van der Waals surface area contributed by atoms with E-state index < -0.39 is 17.7 Å². The molecule has 1 aromatic heterocycles. The van der Waals surface area contributed by atoms with Gasteiger partial charge >= 0.3 is 12.1 Å². The van der Waals surface area contributed by atoms with E-state index in [9.17, 15) is 18.0 Å². The highest BCUT2D eigenvalue weighted by Gasteiger charge is 2.31. The molecule has 0 fully saturated rings. The molecule has 144 valence electrons. The molecule has 1 aromatic carbocycles. The van der Waals surface area contributed by atoms with E-state index in [1.54, 1.807) is 13.8 Å². The van der Waals surface area contributed by atoms with Gasteiger partial charge in [-0.2, -0.15) is 23.1 Å². The third-order valence-corrected chi connectivity index (χ3v) is 3.49. The molecule has 0 aliphatic carbocycles. The predicted octanol–water partition coefficient (Wildman–Crippen LogP) is 4.18. The predicted molar refractivity (Wildman–Crippen MR) is 90.5 cm³/mol. The number of allylic oxidation sites excluding steroid dienone is 1. The van der Waals surface area contributed by atoms with Gasteiger partial charge in [-0.05, 0) is 32.0 Å². The monoisotopic (exact) mass is 382 g/mol. The summed E-state index contributed by atoms with van der Waals surface area (Å²) in [7, 11) is 2.53. The Kier molecular flexibility index (Phi) is 6.04. The Labute approximate surface area is 153 Å². The van der Waals surface area contributed by atoms with Gasteiger partial charge in [0.15, 0.2) is 0 Å². The number of ether oxygens (including phenoxy) is 3. The van der Waals surface area contributed by atoms with Gasteiger partial charge in [0.25, 0.3) is 0 Å². The molecule has 9 heteroatoms. The van der Waals surface area contributed by atoms with Gasteiger partial charge in [-0.3, -0.25) is 0 Å². The maximum Gasteiger partial charge on any atom is 0.416 e. The lowest BCUT2D eigenvalue weighted by atomic mass is 10.1. The zero-order valence-corrected chi connectivity index (χ0v) is 15.0. The van der Waals surface area contributed by atoms with Gasteiger partial charge in [0.05, 0.1) is 25.4 Å². The van der Waals surface area contributed by atoms with Crippen LogP contribution >= 0.6 is 0 Å². The van der Waals surface area contributed by atoms with Crippen LogP contribution in [0, 0.1) is 6.92 Å². The van der Waals surface area contributed by atoms with Crippen molar-refractivity contribution in [2.45, 2.75) is 20.0 Å². The van der Waals surface area contributed by atoms with Crippen LogP contribution < -0.4 is 9.47 Å². The van der Waals surface area contributed by atoms with E-state index in [1.807, 2.05) is 0 Å². The van der Waals surface area contributed by atoms with Gasteiger partial charge in [-0.1, -0.05) is 12.1 Å². The molecule has 0 amide bonds. The second-order valence-electron chi connectivity index (χ2n) is 5.28. The van der Waals surface area contributed by atoms with Gasteiger partial charge in [-0.25, -0.2) is 4.79 Å². The average Bonchev–Trinajstić information content (AvgIpc) is 2.62. The number of methoxy groups -OCH3 is 2. The number of aryl methyl sites for hydroxylation is 1. The van der Waals surface area contributed by atoms with E-state index >= 15 is 0 Å². The Morgan fingerprint density at radius 3 is 2.37 bits per heavy atom. The maximum absolute atomic E-state index is 12.9. The summed E-state index contributed by atoms with van der Waals surface area (Å²) in [6.07, 6.45) is -3.08. The van der Waals surface area contributed by atoms with Crippen molar-refractivity contribution in [3.8, 4) is 17.5 Å². The summed E-state index contributed by atoms with van der Waals surface area (Å²) >= 11 is 0. The van der Waals surface area contributed by atoms with Crippen LogP contribution in [0.1, 0.15) is 23.9 Å². The molecule has 0 unspecified atom stereocenters. The molecule has 1 heterocycles. The topological polar surface area (TPSA) is 70.5 Å². The highest BCUT2D eigenvalue weighted by atomic mass is 19.4. The number of aromatic nitrogens is 2. The molecule has 2 rings (SSSR count). The Balaban J connectivity index is 2.60. The molecular weight excluding hydrogens is 365 g/mol. The summed E-state index contributed by atoms with van der Waals surface area (Å²) in [5.41, 5.74) is -0.746. The number of nitrogens with zero attached hydrogens (tertiary/aromatic N) is 2. The number of carbonyl (C=O) groups is 1.